The first kappa shape index (κ1) is 20.0. The Morgan fingerprint density at radius 1 is 1.03 bits per heavy atom. The normalized spacial score (nSPS) is 15.8. The molecule has 0 bridgehead atoms. The molecule has 1 atom stereocenters. The second-order valence-electron chi connectivity index (χ2n) is 6.68. The predicted octanol–water partition coefficient (Wildman–Crippen LogP) is 4.62. The van der Waals surface area contributed by atoms with Gasteiger partial charge in [-0.25, -0.2) is 4.39 Å². The lowest BCUT2D eigenvalue weighted by Crippen LogP contribution is -2.27. The number of benzene rings is 3. The van der Waals surface area contributed by atoms with Crippen molar-refractivity contribution in [3.8, 4) is 5.75 Å². The van der Waals surface area contributed by atoms with Crippen LogP contribution in [0.5, 0.6) is 5.75 Å². The molecule has 0 aliphatic carbocycles. The highest BCUT2D eigenvalue weighted by molar-refractivity contribution is 8.00. The first-order valence-corrected chi connectivity index (χ1v) is 10.4. The summed E-state index contributed by atoms with van der Waals surface area (Å²) in [5.41, 5.74) is 2.35. The van der Waals surface area contributed by atoms with Crippen molar-refractivity contribution in [2.45, 2.75) is 5.37 Å². The molecule has 7 heteroatoms. The van der Waals surface area contributed by atoms with Crippen LogP contribution in [0.15, 0.2) is 78.9 Å². The molecule has 30 heavy (non-hydrogen) atoms. The SMILES string of the molecule is O=C(COc1ccc(N2C(=O)CSC2c2ccccc2)cc1)Nc1ccc(F)cc1. The molecule has 0 spiro atoms. The molecule has 5 nitrogen and oxygen atoms in total. The fraction of sp³-hybridized carbons (Fsp3) is 0.130. The van der Waals surface area contributed by atoms with Gasteiger partial charge in [-0.05, 0) is 54.1 Å². The summed E-state index contributed by atoms with van der Waals surface area (Å²) in [5, 5.41) is 2.58. The fourth-order valence-electron chi connectivity index (χ4n) is 3.15. The molecule has 1 N–H and O–H groups in total. The van der Waals surface area contributed by atoms with Crippen LogP contribution in [-0.4, -0.2) is 24.2 Å². The number of hydrogen-bond acceptors (Lipinski definition) is 4. The van der Waals surface area contributed by atoms with Gasteiger partial charge >= 0.3 is 0 Å². The number of rotatable bonds is 6. The molecule has 0 saturated carbocycles. The zero-order valence-corrected chi connectivity index (χ0v) is 16.8. The van der Waals surface area contributed by atoms with Crippen molar-refractivity contribution in [3.63, 3.8) is 0 Å². The number of nitrogens with one attached hydrogen (secondary N) is 1. The molecule has 3 aromatic rings. The van der Waals surface area contributed by atoms with Crippen LogP contribution in [0.25, 0.3) is 0 Å². The minimum absolute atomic E-state index is 0.0567. The fourth-order valence-corrected chi connectivity index (χ4v) is 4.33. The number of thioether (sulfide) groups is 1. The zero-order valence-electron chi connectivity index (χ0n) is 16.0. The number of nitrogens with zero attached hydrogens (tertiary/aromatic N) is 1. The van der Waals surface area contributed by atoms with E-state index in [0.29, 0.717) is 17.2 Å². The van der Waals surface area contributed by atoms with Gasteiger partial charge in [0.15, 0.2) is 6.61 Å². The molecular weight excluding hydrogens is 403 g/mol. The van der Waals surface area contributed by atoms with Crippen LogP contribution in [0.1, 0.15) is 10.9 Å². The summed E-state index contributed by atoms with van der Waals surface area (Å²) in [6, 6.07) is 22.5. The average molecular weight is 422 g/mol. The Kier molecular flexibility index (Phi) is 5.99. The Hall–Kier alpha value is -3.32. The third kappa shape index (κ3) is 4.63. The van der Waals surface area contributed by atoms with E-state index < -0.39 is 0 Å². The molecule has 0 radical (unpaired) electrons. The third-order valence-electron chi connectivity index (χ3n) is 4.57. The van der Waals surface area contributed by atoms with Gasteiger partial charge in [0.1, 0.15) is 16.9 Å². The van der Waals surface area contributed by atoms with E-state index in [0.717, 1.165) is 11.3 Å². The second kappa shape index (κ2) is 9.00. The third-order valence-corrected chi connectivity index (χ3v) is 5.78. The highest BCUT2D eigenvalue weighted by atomic mass is 32.2. The molecule has 1 saturated heterocycles. The summed E-state index contributed by atoms with van der Waals surface area (Å²) in [4.78, 5) is 26.2. The van der Waals surface area contributed by atoms with Crippen LogP contribution >= 0.6 is 11.8 Å². The first-order valence-electron chi connectivity index (χ1n) is 9.37. The van der Waals surface area contributed by atoms with Crippen LogP contribution < -0.4 is 15.0 Å². The summed E-state index contributed by atoms with van der Waals surface area (Å²) in [5.74, 6) is 0.293. The molecule has 2 amide bonds. The Labute approximate surface area is 177 Å². The minimum Gasteiger partial charge on any atom is -0.484 e. The molecule has 152 valence electrons. The number of anilines is 2. The Morgan fingerprint density at radius 2 is 1.73 bits per heavy atom. The summed E-state index contributed by atoms with van der Waals surface area (Å²) in [7, 11) is 0. The smallest absolute Gasteiger partial charge is 0.262 e. The average Bonchev–Trinajstić information content (AvgIpc) is 3.16. The quantitative estimate of drug-likeness (QED) is 0.630. The number of hydrogen-bond donors (Lipinski definition) is 1. The van der Waals surface area contributed by atoms with Crippen LogP contribution in [0.2, 0.25) is 0 Å². The molecule has 1 aliphatic heterocycles. The molecule has 4 rings (SSSR count). The number of amides is 2. The highest BCUT2D eigenvalue weighted by Gasteiger charge is 2.33. The summed E-state index contributed by atoms with van der Waals surface area (Å²) in [6.07, 6.45) is 0. The van der Waals surface area contributed by atoms with Crippen molar-refractivity contribution in [1.29, 1.82) is 0 Å². The van der Waals surface area contributed by atoms with Crippen molar-refractivity contribution >= 4 is 35.0 Å². The topological polar surface area (TPSA) is 58.6 Å². The molecular formula is C23H19FN2O3S. The number of halogens is 1. The standard InChI is InChI=1S/C23H19FN2O3S/c24-17-6-8-18(9-7-17)25-21(27)14-29-20-12-10-19(11-13-20)26-22(28)15-30-23(26)16-4-2-1-3-5-16/h1-13,23H,14-15H2,(H,25,27). The van der Waals surface area contributed by atoms with Gasteiger partial charge in [-0.2, -0.15) is 0 Å². The van der Waals surface area contributed by atoms with Crippen LogP contribution in [0.3, 0.4) is 0 Å². The summed E-state index contributed by atoms with van der Waals surface area (Å²) >= 11 is 1.60. The maximum Gasteiger partial charge on any atom is 0.262 e. The summed E-state index contributed by atoms with van der Waals surface area (Å²) in [6.45, 7) is -0.179. The Morgan fingerprint density at radius 3 is 2.43 bits per heavy atom. The van der Waals surface area contributed by atoms with E-state index in [4.69, 9.17) is 4.74 Å². The van der Waals surface area contributed by atoms with Gasteiger partial charge in [0.25, 0.3) is 5.91 Å². The molecule has 0 aromatic heterocycles. The lowest BCUT2D eigenvalue weighted by Gasteiger charge is -2.24. The van der Waals surface area contributed by atoms with E-state index in [1.807, 2.05) is 42.5 Å². The Balaban J connectivity index is 1.38. The largest absolute Gasteiger partial charge is 0.484 e. The van der Waals surface area contributed by atoms with Crippen molar-refractivity contribution in [3.05, 3.63) is 90.2 Å². The maximum atomic E-state index is 12.9. The van der Waals surface area contributed by atoms with E-state index in [9.17, 15) is 14.0 Å². The van der Waals surface area contributed by atoms with Crippen molar-refractivity contribution in [1.82, 2.24) is 0 Å². The number of ether oxygens (including phenoxy) is 1. The molecule has 1 fully saturated rings. The van der Waals surface area contributed by atoms with Crippen LogP contribution in [-0.2, 0) is 9.59 Å². The monoisotopic (exact) mass is 422 g/mol. The van der Waals surface area contributed by atoms with Crippen LogP contribution in [0, 0.1) is 5.82 Å². The van der Waals surface area contributed by atoms with Gasteiger partial charge < -0.3 is 10.1 Å². The second-order valence-corrected chi connectivity index (χ2v) is 7.74. The predicted molar refractivity (Wildman–Crippen MR) is 116 cm³/mol. The van der Waals surface area contributed by atoms with E-state index in [1.165, 1.54) is 24.3 Å². The Bertz CT molecular complexity index is 1030. The van der Waals surface area contributed by atoms with Gasteiger partial charge in [0.05, 0.1) is 5.75 Å². The first-order chi connectivity index (χ1) is 14.6. The number of carbonyl (C=O) groups is 2. The van der Waals surface area contributed by atoms with Gasteiger partial charge in [0.2, 0.25) is 5.91 Å². The van der Waals surface area contributed by atoms with Crippen molar-refractivity contribution < 1.29 is 18.7 Å². The van der Waals surface area contributed by atoms with Crippen LogP contribution in [0.4, 0.5) is 15.8 Å². The molecule has 3 aromatic carbocycles. The molecule has 1 heterocycles. The van der Waals surface area contributed by atoms with E-state index in [2.05, 4.69) is 5.32 Å². The van der Waals surface area contributed by atoms with E-state index >= 15 is 0 Å². The van der Waals surface area contributed by atoms with Gasteiger partial charge in [-0.15, -0.1) is 11.8 Å². The van der Waals surface area contributed by atoms with E-state index in [1.54, 1.807) is 28.8 Å². The molecule has 1 unspecified atom stereocenters. The zero-order chi connectivity index (χ0) is 20.9. The number of carbonyl (C=O) groups excluding carboxylic acids is 2. The highest BCUT2D eigenvalue weighted by Crippen LogP contribution is 2.41. The lowest BCUT2D eigenvalue weighted by molar-refractivity contribution is -0.118. The van der Waals surface area contributed by atoms with Crippen molar-refractivity contribution in [2.75, 3.05) is 22.6 Å². The van der Waals surface area contributed by atoms with Gasteiger partial charge in [-0.1, -0.05) is 30.3 Å². The summed E-state index contributed by atoms with van der Waals surface area (Å²) < 4.78 is 18.4. The van der Waals surface area contributed by atoms with Gasteiger partial charge in [-0.3, -0.25) is 14.5 Å². The molecule has 1 aliphatic rings. The maximum absolute atomic E-state index is 12.9. The van der Waals surface area contributed by atoms with Gasteiger partial charge in [0, 0.05) is 11.4 Å². The lowest BCUT2D eigenvalue weighted by atomic mass is 10.2. The van der Waals surface area contributed by atoms with Crippen molar-refractivity contribution in [2.24, 2.45) is 0 Å². The van der Waals surface area contributed by atoms with E-state index in [-0.39, 0.29) is 29.6 Å². The minimum atomic E-state index is -0.367.